The van der Waals surface area contributed by atoms with Crippen molar-refractivity contribution in [3.05, 3.63) is 65.8 Å². The van der Waals surface area contributed by atoms with Crippen LogP contribution < -0.4 is 0 Å². The molecular formula is C17H11ClN4O. The maximum Gasteiger partial charge on any atom is 0.262 e. The third kappa shape index (κ3) is 2.51. The molecule has 2 heterocycles. The fourth-order valence-electron chi connectivity index (χ4n) is 2.36. The molecule has 112 valence electrons. The quantitative estimate of drug-likeness (QED) is 0.605. The van der Waals surface area contributed by atoms with Gasteiger partial charge in [-0.3, -0.25) is 5.10 Å². The Hall–Kier alpha value is -2.92. The predicted molar refractivity (Wildman–Crippen MR) is 87.8 cm³/mol. The van der Waals surface area contributed by atoms with Gasteiger partial charge in [-0.15, -0.1) is 0 Å². The first-order valence-electron chi connectivity index (χ1n) is 7.01. The van der Waals surface area contributed by atoms with E-state index in [4.69, 9.17) is 16.1 Å². The molecule has 5 nitrogen and oxygen atoms in total. The minimum absolute atomic E-state index is 0.396. The van der Waals surface area contributed by atoms with Crippen molar-refractivity contribution >= 4 is 11.6 Å². The molecule has 4 rings (SSSR count). The third-order valence-electron chi connectivity index (χ3n) is 3.47. The molecule has 2 aromatic carbocycles. The van der Waals surface area contributed by atoms with Gasteiger partial charge in [0.25, 0.3) is 5.89 Å². The fraction of sp³-hybridized carbons (Fsp3) is 0. The van der Waals surface area contributed by atoms with Gasteiger partial charge in [0.15, 0.2) is 0 Å². The van der Waals surface area contributed by atoms with Gasteiger partial charge in [-0.25, -0.2) is 0 Å². The monoisotopic (exact) mass is 322 g/mol. The summed E-state index contributed by atoms with van der Waals surface area (Å²) in [7, 11) is 0. The van der Waals surface area contributed by atoms with Gasteiger partial charge in [-0.1, -0.05) is 59.2 Å². The molecule has 0 atom stereocenters. The van der Waals surface area contributed by atoms with Gasteiger partial charge < -0.3 is 4.52 Å². The molecule has 0 bridgehead atoms. The van der Waals surface area contributed by atoms with Crippen LogP contribution in [0, 0.1) is 0 Å². The number of benzene rings is 2. The molecule has 6 heteroatoms. The van der Waals surface area contributed by atoms with Crippen LogP contribution in [0.3, 0.4) is 0 Å². The first-order valence-corrected chi connectivity index (χ1v) is 7.38. The topological polar surface area (TPSA) is 67.6 Å². The Kier molecular flexibility index (Phi) is 3.40. The molecule has 0 aliphatic heterocycles. The first kappa shape index (κ1) is 13.7. The van der Waals surface area contributed by atoms with Crippen LogP contribution in [-0.4, -0.2) is 20.3 Å². The summed E-state index contributed by atoms with van der Waals surface area (Å²) in [5.41, 5.74) is 3.31. The molecule has 0 fully saturated rings. The Labute approximate surface area is 136 Å². The zero-order valence-corrected chi connectivity index (χ0v) is 12.7. The second-order valence-electron chi connectivity index (χ2n) is 4.93. The van der Waals surface area contributed by atoms with Gasteiger partial charge >= 0.3 is 0 Å². The van der Waals surface area contributed by atoms with Crippen LogP contribution >= 0.6 is 11.6 Å². The lowest BCUT2D eigenvalue weighted by atomic mass is 10.1. The van der Waals surface area contributed by atoms with E-state index < -0.39 is 0 Å². The second kappa shape index (κ2) is 5.70. The van der Waals surface area contributed by atoms with Crippen molar-refractivity contribution in [1.29, 1.82) is 0 Å². The first-order chi connectivity index (χ1) is 11.3. The van der Waals surface area contributed by atoms with Crippen molar-refractivity contribution in [2.45, 2.75) is 0 Å². The van der Waals surface area contributed by atoms with E-state index in [0.717, 1.165) is 22.4 Å². The Bertz CT molecular complexity index is 946. The van der Waals surface area contributed by atoms with Crippen LogP contribution in [0.25, 0.3) is 34.1 Å². The molecule has 0 radical (unpaired) electrons. The van der Waals surface area contributed by atoms with Crippen molar-refractivity contribution in [1.82, 2.24) is 20.3 Å². The third-order valence-corrected chi connectivity index (χ3v) is 3.80. The molecule has 0 amide bonds. The molecule has 0 aliphatic carbocycles. The lowest BCUT2D eigenvalue weighted by molar-refractivity contribution is 0.432. The summed E-state index contributed by atoms with van der Waals surface area (Å²) in [6.07, 6.45) is 1.67. The van der Waals surface area contributed by atoms with Gasteiger partial charge in [-0.05, 0) is 12.1 Å². The number of halogens is 1. The number of nitrogens with one attached hydrogen (secondary N) is 1. The van der Waals surface area contributed by atoms with Gasteiger partial charge in [0.2, 0.25) is 5.82 Å². The van der Waals surface area contributed by atoms with E-state index in [0.29, 0.717) is 16.7 Å². The summed E-state index contributed by atoms with van der Waals surface area (Å²) < 4.78 is 5.40. The molecule has 0 unspecified atom stereocenters. The zero-order chi connectivity index (χ0) is 15.6. The standard InChI is InChI=1S/C17H11ClN4O/c18-14-9-5-4-8-12(14)16-20-17(23-22-16)13-10-19-21-15(13)11-6-2-1-3-7-11/h1-10H,(H,19,21). The number of aromatic amines is 1. The zero-order valence-electron chi connectivity index (χ0n) is 11.9. The Morgan fingerprint density at radius 2 is 1.70 bits per heavy atom. The maximum atomic E-state index is 6.18. The highest BCUT2D eigenvalue weighted by atomic mass is 35.5. The summed E-state index contributed by atoms with van der Waals surface area (Å²) in [4.78, 5) is 4.45. The van der Waals surface area contributed by atoms with Crippen molar-refractivity contribution < 1.29 is 4.52 Å². The van der Waals surface area contributed by atoms with E-state index in [1.807, 2.05) is 48.5 Å². The molecule has 0 saturated carbocycles. The van der Waals surface area contributed by atoms with E-state index >= 15 is 0 Å². The molecule has 0 spiro atoms. The van der Waals surface area contributed by atoms with Crippen LogP contribution in [-0.2, 0) is 0 Å². The number of hydrogen-bond acceptors (Lipinski definition) is 4. The smallest absolute Gasteiger partial charge is 0.262 e. The number of aromatic nitrogens is 4. The van der Waals surface area contributed by atoms with E-state index in [9.17, 15) is 0 Å². The fourth-order valence-corrected chi connectivity index (χ4v) is 2.58. The lowest BCUT2D eigenvalue weighted by Gasteiger charge is -1.99. The summed E-state index contributed by atoms with van der Waals surface area (Å²) in [5.74, 6) is 0.846. The van der Waals surface area contributed by atoms with Gasteiger partial charge in [0.05, 0.1) is 22.5 Å². The Balaban J connectivity index is 1.77. The van der Waals surface area contributed by atoms with Crippen molar-refractivity contribution in [3.8, 4) is 34.1 Å². The number of H-pyrrole nitrogens is 1. The van der Waals surface area contributed by atoms with Crippen LogP contribution in [0.15, 0.2) is 65.3 Å². The number of nitrogens with zero attached hydrogens (tertiary/aromatic N) is 3. The summed E-state index contributed by atoms with van der Waals surface area (Å²) >= 11 is 6.18. The minimum Gasteiger partial charge on any atom is -0.333 e. The number of hydrogen-bond donors (Lipinski definition) is 1. The maximum absolute atomic E-state index is 6.18. The molecule has 0 saturated heterocycles. The molecule has 4 aromatic rings. The van der Waals surface area contributed by atoms with Crippen LogP contribution in [0.1, 0.15) is 0 Å². The summed E-state index contributed by atoms with van der Waals surface area (Å²) in [6.45, 7) is 0. The highest BCUT2D eigenvalue weighted by Crippen LogP contribution is 2.31. The van der Waals surface area contributed by atoms with Crippen LogP contribution in [0.5, 0.6) is 0 Å². The van der Waals surface area contributed by atoms with Crippen LogP contribution in [0.2, 0.25) is 5.02 Å². The lowest BCUT2D eigenvalue weighted by Crippen LogP contribution is -1.84. The highest BCUT2D eigenvalue weighted by molar-refractivity contribution is 6.33. The predicted octanol–water partition coefficient (Wildman–Crippen LogP) is 4.45. The average molecular weight is 323 g/mol. The normalized spacial score (nSPS) is 10.8. The highest BCUT2D eigenvalue weighted by Gasteiger charge is 2.17. The molecule has 23 heavy (non-hydrogen) atoms. The molecular weight excluding hydrogens is 312 g/mol. The number of rotatable bonds is 3. The van der Waals surface area contributed by atoms with E-state index in [1.54, 1.807) is 12.3 Å². The van der Waals surface area contributed by atoms with Gasteiger partial charge in [0, 0.05) is 11.1 Å². The van der Waals surface area contributed by atoms with Crippen molar-refractivity contribution in [2.75, 3.05) is 0 Å². The second-order valence-corrected chi connectivity index (χ2v) is 5.33. The van der Waals surface area contributed by atoms with E-state index in [2.05, 4.69) is 20.3 Å². The van der Waals surface area contributed by atoms with E-state index in [-0.39, 0.29) is 0 Å². The van der Waals surface area contributed by atoms with E-state index in [1.165, 1.54) is 0 Å². The average Bonchev–Trinajstić information content (AvgIpc) is 3.25. The van der Waals surface area contributed by atoms with Gasteiger partial charge in [0.1, 0.15) is 0 Å². The summed E-state index contributed by atoms with van der Waals surface area (Å²) in [6, 6.07) is 17.2. The van der Waals surface area contributed by atoms with Crippen LogP contribution in [0.4, 0.5) is 0 Å². The molecule has 1 N–H and O–H groups in total. The molecule has 2 aromatic heterocycles. The van der Waals surface area contributed by atoms with Crippen molar-refractivity contribution in [2.24, 2.45) is 0 Å². The van der Waals surface area contributed by atoms with Gasteiger partial charge in [-0.2, -0.15) is 10.1 Å². The van der Waals surface area contributed by atoms with Crippen molar-refractivity contribution in [3.63, 3.8) is 0 Å². The summed E-state index contributed by atoms with van der Waals surface area (Å²) in [5, 5.41) is 11.7. The molecule has 0 aliphatic rings. The Morgan fingerprint density at radius 1 is 0.913 bits per heavy atom. The Morgan fingerprint density at radius 3 is 2.52 bits per heavy atom. The minimum atomic E-state index is 0.396. The largest absolute Gasteiger partial charge is 0.333 e. The SMILES string of the molecule is Clc1ccccc1-c1noc(-c2cn[nH]c2-c2ccccc2)n1.